The van der Waals surface area contributed by atoms with Crippen molar-refractivity contribution in [3.63, 3.8) is 0 Å². The molecule has 4 rings (SSSR count). The maximum Gasteiger partial charge on any atom is 0.251 e. The highest BCUT2D eigenvalue weighted by atomic mass is 35.5. The third-order valence-corrected chi connectivity index (χ3v) is 6.37. The SMILES string of the molecule is C[C@@H]1C[C@H]1C(=O)Nc1ccc(C(=O)N[C@H]2CCCN(Cc3cc(Cl)ccc3O)C2)cc1. The summed E-state index contributed by atoms with van der Waals surface area (Å²) < 4.78 is 0. The van der Waals surface area contributed by atoms with E-state index in [9.17, 15) is 14.7 Å². The number of amides is 2. The van der Waals surface area contributed by atoms with Crippen molar-refractivity contribution in [1.29, 1.82) is 0 Å². The zero-order chi connectivity index (χ0) is 22.0. The Labute approximate surface area is 187 Å². The molecule has 164 valence electrons. The van der Waals surface area contributed by atoms with E-state index < -0.39 is 0 Å². The first kappa shape index (κ1) is 21.7. The third kappa shape index (κ3) is 5.57. The van der Waals surface area contributed by atoms with Gasteiger partial charge in [0.25, 0.3) is 5.91 Å². The maximum atomic E-state index is 12.7. The molecule has 1 aliphatic heterocycles. The predicted molar refractivity (Wildman–Crippen MR) is 121 cm³/mol. The number of carbonyl (C=O) groups is 2. The molecule has 1 aliphatic carbocycles. The van der Waals surface area contributed by atoms with Crippen LogP contribution in [0.3, 0.4) is 0 Å². The fourth-order valence-corrected chi connectivity index (χ4v) is 4.33. The van der Waals surface area contributed by atoms with Crippen LogP contribution in [0.1, 0.15) is 42.1 Å². The first-order valence-corrected chi connectivity index (χ1v) is 11.2. The lowest BCUT2D eigenvalue weighted by molar-refractivity contribution is -0.117. The molecule has 1 saturated carbocycles. The Balaban J connectivity index is 1.30. The number of nitrogens with zero attached hydrogens (tertiary/aromatic N) is 1. The fraction of sp³-hybridized carbons (Fsp3) is 0.417. The summed E-state index contributed by atoms with van der Waals surface area (Å²) >= 11 is 6.05. The number of rotatable bonds is 6. The van der Waals surface area contributed by atoms with E-state index in [2.05, 4.69) is 22.5 Å². The Hall–Kier alpha value is -2.57. The van der Waals surface area contributed by atoms with E-state index in [0.29, 0.717) is 35.3 Å². The number of halogens is 1. The molecule has 2 aromatic rings. The summed E-state index contributed by atoms with van der Waals surface area (Å²) in [6.07, 6.45) is 2.83. The molecule has 31 heavy (non-hydrogen) atoms. The van der Waals surface area contributed by atoms with Gasteiger partial charge in [-0.1, -0.05) is 18.5 Å². The summed E-state index contributed by atoms with van der Waals surface area (Å²) in [4.78, 5) is 27.0. The van der Waals surface area contributed by atoms with E-state index in [1.165, 1.54) is 0 Å². The second-order valence-electron chi connectivity index (χ2n) is 8.71. The zero-order valence-corrected chi connectivity index (χ0v) is 18.4. The van der Waals surface area contributed by atoms with E-state index in [-0.39, 0.29) is 29.5 Å². The van der Waals surface area contributed by atoms with Crippen molar-refractivity contribution >= 4 is 29.1 Å². The van der Waals surface area contributed by atoms with Gasteiger partial charge in [0, 0.05) is 46.9 Å². The minimum Gasteiger partial charge on any atom is -0.508 e. The molecule has 2 amide bonds. The Morgan fingerprint density at radius 3 is 2.65 bits per heavy atom. The van der Waals surface area contributed by atoms with Crippen molar-refractivity contribution in [2.24, 2.45) is 11.8 Å². The Bertz CT molecular complexity index is 963. The van der Waals surface area contributed by atoms with Crippen molar-refractivity contribution in [2.45, 2.75) is 38.8 Å². The van der Waals surface area contributed by atoms with Crippen LogP contribution >= 0.6 is 11.6 Å². The summed E-state index contributed by atoms with van der Waals surface area (Å²) in [6, 6.07) is 12.1. The molecule has 7 heteroatoms. The molecule has 3 N–H and O–H groups in total. The van der Waals surface area contributed by atoms with Crippen LogP contribution in [-0.4, -0.2) is 41.0 Å². The molecule has 1 heterocycles. The molecule has 6 nitrogen and oxygen atoms in total. The van der Waals surface area contributed by atoms with Gasteiger partial charge in [-0.15, -0.1) is 0 Å². The van der Waals surface area contributed by atoms with Crippen molar-refractivity contribution < 1.29 is 14.7 Å². The molecule has 0 radical (unpaired) electrons. The van der Waals surface area contributed by atoms with E-state index >= 15 is 0 Å². The summed E-state index contributed by atoms with van der Waals surface area (Å²) in [7, 11) is 0. The molecule has 0 unspecified atom stereocenters. The molecule has 2 aliphatic rings. The normalized spacial score (nSPS) is 23.2. The largest absolute Gasteiger partial charge is 0.508 e. The molecule has 2 fully saturated rings. The second-order valence-corrected chi connectivity index (χ2v) is 9.14. The summed E-state index contributed by atoms with van der Waals surface area (Å²) in [5.74, 6) is 0.747. The van der Waals surface area contributed by atoms with Gasteiger partial charge in [0.2, 0.25) is 5.91 Å². The van der Waals surface area contributed by atoms with Crippen LogP contribution in [-0.2, 0) is 11.3 Å². The molecule has 0 spiro atoms. The Morgan fingerprint density at radius 2 is 1.94 bits per heavy atom. The number of nitrogens with one attached hydrogen (secondary N) is 2. The van der Waals surface area contributed by atoms with Gasteiger partial charge >= 0.3 is 0 Å². The van der Waals surface area contributed by atoms with E-state index in [0.717, 1.165) is 31.4 Å². The lowest BCUT2D eigenvalue weighted by Crippen LogP contribution is -2.47. The number of aromatic hydroxyl groups is 1. The van der Waals surface area contributed by atoms with Gasteiger partial charge in [0.05, 0.1) is 0 Å². The number of benzene rings is 2. The number of phenolic OH excluding ortho intramolecular Hbond substituents is 1. The number of anilines is 1. The van der Waals surface area contributed by atoms with Gasteiger partial charge in [-0.05, 0) is 74.2 Å². The number of phenols is 1. The number of likely N-dealkylation sites (tertiary alicyclic amines) is 1. The number of carbonyl (C=O) groups excluding carboxylic acids is 2. The Morgan fingerprint density at radius 1 is 1.19 bits per heavy atom. The molecular formula is C24H28ClN3O3. The highest BCUT2D eigenvalue weighted by molar-refractivity contribution is 6.30. The Kier molecular flexibility index (Phi) is 6.49. The highest BCUT2D eigenvalue weighted by Gasteiger charge is 2.39. The van der Waals surface area contributed by atoms with Gasteiger partial charge in [0.15, 0.2) is 0 Å². The second kappa shape index (κ2) is 9.28. The molecule has 0 aromatic heterocycles. The predicted octanol–water partition coefficient (Wildman–Crippen LogP) is 4.03. The van der Waals surface area contributed by atoms with Crippen molar-refractivity contribution in [3.05, 3.63) is 58.6 Å². The highest BCUT2D eigenvalue weighted by Crippen LogP contribution is 2.38. The van der Waals surface area contributed by atoms with E-state index in [4.69, 9.17) is 11.6 Å². The van der Waals surface area contributed by atoms with Gasteiger partial charge in [-0.2, -0.15) is 0 Å². The lowest BCUT2D eigenvalue weighted by atomic mass is 10.0. The number of hydrogen-bond acceptors (Lipinski definition) is 4. The summed E-state index contributed by atoms with van der Waals surface area (Å²) in [6.45, 7) is 4.28. The summed E-state index contributed by atoms with van der Waals surface area (Å²) in [5, 5.41) is 16.7. The molecule has 1 saturated heterocycles. The minimum absolute atomic E-state index is 0.0401. The van der Waals surface area contributed by atoms with E-state index in [1.54, 1.807) is 42.5 Å². The summed E-state index contributed by atoms with van der Waals surface area (Å²) in [5.41, 5.74) is 2.07. The first-order valence-electron chi connectivity index (χ1n) is 10.8. The van der Waals surface area contributed by atoms with Crippen LogP contribution in [0.25, 0.3) is 0 Å². The van der Waals surface area contributed by atoms with Gasteiger partial charge in [0.1, 0.15) is 5.75 Å². The third-order valence-electron chi connectivity index (χ3n) is 6.14. The van der Waals surface area contributed by atoms with Crippen LogP contribution in [0.4, 0.5) is 5.69 Å². The standard InChI is InChI=1S/C24H28ClN3O3/c1-15-11-21(15)24(31)26-19-7-4-16(5-8-19)23(30)27-20-3-2-10-28(14-20)13-17-12-18(25)6-9-22(17)29/h4-9,12,15,20-21,29H,2-3,10-11,13-14H2,1H3,(H,26,31)(H,27,30)/t15-,20+,21-/m1/s1. The average molecular weight is 442 g/mol. The van der Waals surface area contributed by atoms with Gasteiger partial charge < -0.3 is 15.7 Å². The van der Waals surface area contributed by atoms with Crippen LogP contribution in [0, 0.1) is 11.8 Å². The van der Waals surface area contributed by atoms with Gasteiger partial charge in [-0.25, -0.2) is 0 Å². The quantitative estimate of drug-likeness (QED) is 0.632. The van der Waals surface area contributed by atoms with Crippen LogP contribution in [0.5, 0.6) is 5.75 Å². The number of piperidine rings is 1. The topological polar surface area (TPSA) is 81.7 Å². The molecular weight excluding hydrogens is 414 g/mol. The monoisotopic (exact) mass is 441 g/mol. The fourth-order valence-electron chi connectivity index (χ4n) is 4.13. The minimum atomic E-state index is -0.119. The van der Waals surface area contributed by atoms with Crippen LogP contribution in [0.15, 0.2) is 42.5 Å². The maximum absolute atomic E-state index is 12.7. The van der Waals surface area contributed by atoms with E-state index in [1.807, 2.05) is 0 Å². The van der Waals surface area contributed by atoms with Crippen LogP contribution in [0.2, 0.25) is 5.02 Å². The average Bonchev–Trinajstić information content (AvgIpc) is 3.48. The van der Waals surface area contributed by atoms with Crippen molar-refractivity contribution in [3.8, 4) is 5.75 Å². The zero-order valence-electron chi connectivity index (χ0n) is 17.6. The van der Waals surface area contributed by atoms with Crippen molar-refractivity contribution in [1.82, 2.24) is 10.2 Å². The smallest absolute Gasteiger partial charge is 0.251 e. The van der Waals surface area contributed by atoms with Crippen molar-refractivity contribution in [2.75, 3.05) is 18.4 Å². The molecule has 3 atom stereocenters. The molecule has 0 bridgehead atoms. The van der Waals surface area contributed by atoms with Gasteiger partial charge in [-0.3, -0.25) is 14.5 Å². The lowest BCUT2D eigenvalue weighted by Gasteiger charge is -2.33. The molecule has 2 aromatic carbocycles. The van der Waals surface area contributed by atoms with Crippen LogP contribution < -0.4 is 10.6 Å². The number of hydrogen-bond donors (Lipinski definition) is 3. The first-order chi connectivity index (χ1) is 14.9.